The van der Waals surface area contributed by atoms with Gasteiger partial charge < -0.3 is 15.8 Å². The van der Waals surface area contributed by atoms with E-state index in [1.54, 1.807) is 49.4 Å². The van der Waals surface area contributed by atoms with Crippen LogP contribution in [0.5, 0.6) is 11.5 Å². The van der Waals surface area contributed by atoms with E-state index in [4.69, 9.17) is 10.5 Å². The van der Waals surface area contributed by atoms with Gasteiger partial charge in [-0.3, -0.25) is 4.79 Å². The summed E-state index contributed by atoms with van der Waals surface area (Å²) in [5.41, 5.74) is 6.47. The summed E-state index contributed by atoms with van der Waals surface area (Å²) in [4.78, 5) is 12.2. The first-order chi connectivity index (χ1) is 12.7. The van der Waals surface area contributed by atoms with Crippen molar-refractivity contribution in [1.82, 2.24) is 0 Å². The third kappa shape index (κ3) is 6.51. The number of halogens is 1. The number of carbonyl (C=O) groups is 1. The minimum absolute atomic E-state index is 0. The van der Waals surface area contributed by atoms with Crippen molar-refractivity contribution in [2.75, 3.05) is 11.1 Å². The number of para-hydroxylation sites is 1. The highest BCUT2D eigenvalue weighted by Gasteiger charge is 2.18. The highest BCUT2D eigenvalue weighted by molar-refractivity contribution is 7.91. The van der Waals surface area contributed by atoms with Crippen LogP contribution in [0.1, 0.15) is 27.2 Å². The second kappa shape index (κ2) is 10.5. The lowest BCUT2D eigenvalue weighted by molar-refractivity contribution is -0.117. The van der Waals surface area contributed by atoms with Crippen molar-refractivity contribution in [3.8, 4) is 11.5 Å². The van der Waals surface area contributed by atoms with E-state index in [9.17, 15) is 13.2 Å². The van der Waals surface area contributed by atoms with E-state index in [-0.39, 0.29) is 34.7 Å². The Morgan fingerprint density at radius 3 is 2.29 bits per heavy atom. The average Bonchev–Trinajstić information content (AvgIpc) is 2.63. The molecule has 0 aliphatic heterocycles. The largest absolute Gasteiger partial charge is 0.456 e. The highest BCUT2D eigenvalue weighted by Crippen LogP contribution is 2.30. The van der Waals surface area contributed by atoms with Crippen molar-refractivity contribution in [3.05, 3.63) is 48.5 Å². The van der Waals surface area contributed by atoms with Gasteiger partial charge in [-0.25, -0.2) is 8.42 Å². The highest BCUT2D eigenvalue weighted by atomic mass is 35.5. The van der Waals surface area contributed by atoms with Crippen LogP contribution in [0.2, 0.25) is 0 Å². The van der Waals surface area contributed by atoms with E-state index in [0.29, 0.717) is 23.8 Å². The van der Waals surface area contributed by atoms with Crippen LogP contribution in [0.15, 0.2) is 53.4 Å². The second-order valence-electron chi connectivity index (χ2n) is 6.70. The van der Waals surface area contributed by atoms with Crippen LogP contribution in [0.3, 0.4) is 0 Å². The topological polar surface area (TPSA) is 98.5 Å². The smallest absolute Gasteiger partial charge is 0.241 e. The van der Waals surface area contributed by atoms with Crippen LogP contribution >= 0.6 is 12.4 Å². The number of nitrogens with two attached hydrogens (primary N) is 1. The Kier molecular flexibility index (Phi) is 8.94. The van der Waals surface area contributed by atoms with Crippen LogP contribution in [0.4, 0.5) is 5.69 Å². The Bertz CT molecular complexity index is 883. The van der Waals surface area contributed by atoms with Gasteiger partial charge >= 0.3 is 0 Å². The second-order valence-corrected chi connectivity index (χ2v) is 8.95. The SMILES string of the molecule is CCS(=O)(=O)c1ccccc1Oc1ccc(NC(=O)[C@@H](N)CC(C)C)cc1.Cl. The van der Waals surface area contributed by atoms with Crippen molar-refractivity contribution < 1.29 is 17.9 Å². The van der Waals surface area contributed by atoms with Crippen molar-refractivity contribution in [2.24, 2.45) is 11.7 Å². The summed E-state index contributed by atoms with van der Waals surface area (Å²) in [5.74, 6) is 0.834. The number of hydrogen-bond acceptors (Lipinski definition) is 5. The van der Waals surface area contributed by atoms with Crippen molar-refractivity contribution in [2.45, 2.75) is 38.1 Å². The van der Waals surface area contributed by atoms with Gasteiger partial charge in [0, 0.05) is 5.69 Å². The molecule has 2 rings (SSSR count). The zero-order chi connectivity index (χ0) is 20.0. The number of rotatable bonds is 8. The van der Waals surface area contributed by atoms with E-state index in [1.807, 2.05) is 13.8 Å². The summed E-state index contributed by atoms with van der Waals surface area (Å²) in [7, 11) is -3.39. The number of benzene rings is 2. The molecule has 28 heavy (non-hydrogen) atoms. The minimum Gasteiger partial charge on any atom is -0.456 e. The van der Waals surface area contributed by atoms with Gasteiger partial charge in [-0.15, -0.1) is 12.4 Å². The molecule has 1 atom stereocenters. The number of ether oxygens (including phenoxy) is 1. The lowest BCUT2D eigenvalue weighted by atomic mass is 10.0. The first-order valence-corrected chi connectivity index (χ1v) is 10.5. The van der Waals surface area contributed by atoms with Crippen molar-refractivity contribution >= 4 is 33.8 Å². The van der Waals surface area contributed by atoms with Gasteiger partial charge in [-0.2, -0.15) is 0 Å². The van der Waals surface area contributed by atoms with Gasteiger partial charge in [-0.05, 0) is 48.7 Å². The van der Waals surface area contributed by atoms with Crippen LogP contribution in [-0.2, 0) is 14.6 Å². The van der Waals surface area contributed by atoms with Crippen LogP contribution in [-0.4, -0.2) is 26.1 Å². The minimum atomic E-state index is -3.39. The van der Waals surface area contributed by atoms with E-state index in [1.165, 1.54) is 6.07 Å². The molecular weight excluding hydrogens is 400 g/mol. The van der Waals surface area contributed by atoms with Gasteiger partial charge in [0.15, 0.2) is 9.84 Å². The molecule has 0 aliphatic carbocycles. The molecule has 0 aromatic heterocycles. The summed E-state index contributed by atoms with van der Waals surface area (Å²) in [5, 5.41) is 2.77. The lowest BCUT2D eigenvalue weighted by Gasteiger charge is -2.15. The number of anilines is 1. The molecule has 0 aliphatic rings. The van der Waals surface area contributed by atoms with Gasteiger partial charge in [0.05, 0.1) is 11.8 Å². The van der Waals surface area contributed by atoms with Gasteiger partial charge in [0.25, 0.3) is 0 Å². The number of hydrogen-bond donors (Lipinski definition) is 2. The summed E-state index contributed by atoms with van der Waals surface area (Å²) in [6.07, 6.45) is 0.607. The van der Waals surface area contributed by atoms with Gasteiger partial charge in [0.2, 0.25) is 5.91 Å². The Morgan fingerprint density at radius 2 is 1.71 bits per heavy atom. The number of amides is 1. The molecule has 0 unspecified atom stereocenters. The molecule has 3 N–H and O–H groups in total. The molecule has 0 radical (unpaired) electrons. The molecule has 0 bridgehead atoms. The normalized spacial score (nSPS) is 12.2. The first-order valence-electron chi connectivity index (χ1n) is 8.89. The molecule has 0 saturated heterocycles. The maximum Gasteiger partial charge on any atom is 0.241 e. The van der Waals surface area contributed by atoms with Crippen molar-refractivity contribution in [1.29, 1.82) is 0 Å². The first kappa shape index (κ1) is 23.9. The van der Waals surface area contributed by atoms with Gasteiger partial charge in [-0.1, -0.05) is 32.9 Å². The molecule has 6 nitrogen and oxygen atoms in total. The quantitative estimate of drug-likeness (QED) is 0.664. The Morgan fingerprint density at radius 1 is 1.11 bits per heavy atom. The predicted octanol–water partition coefficient (Wildman–Crippen LogP) is 4.01. The summed E-state index contributed by atoms with van der Waals surface area (Å²) in [6.45, 7) is 5.61. The summed E-state index contributed by atoms with van der Waals surface area (Å²) >= 11 is 0. The molecule has 0 fully saturated rings. The molecule has 1 amide bonds. The molecule has 2 aromatic rings. The summed E-state index contributed by atoms with van der Waals surface area (Å²) in [6, 6.07) is 12.7. The Hall–Kier alpha value is -2.09. The summed E-state index contributed by atoms with van der Waals surface area (Å²) < 4.78 is 30.1. The Labute approximate surface area is 172 Å². The fraction of sp³-hybridized carbons (Fsp3) is 0.350. The molecule has 0 saturated carbocycles. The van der Waals surface area contributed by atoms with E-state index < -0.39 is 15.9 Å². The van der Waals surface area contributed by atoms with Gasteiger partial charge in [0.1, 0.15) is 16.4 Å². The lowest BCUT2D eigenvalue weighted by Crippen LogP contribution is -2.36. The molecule has 8 heteroatoms. The standard InChI is InChI=1S/C20H26N2O4S.ClH/c1-4-27(24,25)19-8-6-5-7-18(19)26-16-11-9-15(10-12-16)22-20(23)17(21)13-14(2)3;/h5-12,14,17H,4,13,21H2,1-3H3,(H,22,23);1H/t17-;/m0./s1. The number of carbonyl (C=O) groups excluding carboxylic acids is 1. The van der Waals surface area contributed by atoms with Crippen LogP contribution in [0.25, 0.3) is 0 Å². The Balaban J connectivity index is 0.00000392. The molecule has 0 heterocycles. The predicted molar refractivity (Wildman–Crippen MR) is 114 cm³/mol. The van der Waals surface area contributed by atoms with Crippen molar-refractivity contribution in [3.63, 3.8) is 0 Å². The van der Waals surface area contributed by atoms with E-state index in [2.05, 4.69) is 5.32 Å². The fourth-order valence-electron chi connectivity index (χ4n) is 2.53. The maximum absolute atomic E-state index is 12.2. The third-order valence-corrected chi connectivity index (χ3v) is 5.74. The van der Waals surface area contributed by atoms with E-state index >= 15 is 0 Å². The third-order valence-electron chi connectivity index (χ3n) is 3.98. The number of nitrogens with one attached hydrogen (secondary N) is 1. The zero-order valence-corrected chi connectivity index (χ0v) is 17.8. The molecule has 154 valence electrons. The van der Waals surface area contributed by atoms with Crippen LogP contribution < -0.4 is 15.8 Å². The molecule has 2 aromatic carbocycles. The maximum atomic E-state index is 12.2. The average molecular weight is 427 g/mol. The monoisotopic (exact) mass is 426 g/mol. The number of sulfone groups is 1. The zero-order valence-electron chi connectivity index (χ0n) is 16.2. The van der Waals surface area contributed by atoms with E-state index in [0.717, 1.165) is 0 Å². The molecule has 0 spiro atoms. The fourth-order valence-corrected chi connectivity index (χ4v) is 3.54. The van der Waals surface area contributed by atoms with Crippen LogP contribution in [0, 0.1) is 5.92 Å². The molecular formula is C20H27ClN2O4S.